The van der Waals surface area contributed by atoms with Crippen molar-refractivity contribution in [3.63, 3.8) is 0 Å². The Morgan fingerprint density at radius 3 is 1.83 bits per heavy atom. The van der Waals surface area contributed by atoms with E-state index in [1.54, 1.807) is 0 Å². The summed E-state index contributed by atoms with van der Waals surface area (Å²) in [4.78, 5) is 2.50. The van der Waals surface area contributed by atoms with Crippen LogP contribution >= 0.6 is 0 Å². The second-order valence-electron chi connectivity index (χ2n) is 6.21. The van der Waals surface area contributed by atoms with Crippen molar-refractivity contribution in [1.29, 1.82) is 0 Å². The van der Waals surface area contributed by atoms with E-state index in [-0.39, 0.29) is 6.04 Å². The van der Waals surface area contributed by atoms with Gasteiger partial charge in [0.2, 0.25) is 0 Å². The van der Waals surface area contributed by atoms with Crippen molar-refractivity contribution in [3.05, 3.63) is 102 Å². The van der Waals surface area contributed by atoms with Crippen molar-refractivity contribution < 1.29 is 0 Å². The van der Waals surface area contributed by atoms with Gasteiger partial charge in [-0.3, -0.25) is 0 Å². The molecule has 2 unspecified atom stereocenters. The average Bonchev–Trinajstić information content (AvgIpc) is 2.69. The Balaban J connectivity index is 1.67. The van der Waals surface area contributed by atoms with E-state index in [1.165, 1.54) is 16.8 Å². The molecule has 1 aliphatic heterocycles. The molecule has 1 heterocycles. The molecule has 2 atom stereocenters. The zero-order chi connectivity index (χ0) is 16.2. The monoisotopic (exact) mass is 313 g/mol. The van der Waals surface area contributed by atoms with Crippen molar-refractivity contribution in [2.45, 2.75) is 12.1 Å². The standard InChI is InChI=1S/C22H21N2/c1-4-10-18(11-5-1)21-17-24(20-14-8-3-9-15-20)22(16-23-21)19-12-6-2-7-13-19/h1-15,21-22H,16-17H2. The fraction of sp³-hybridized carbons (Fsp3) is 0.182. The minimum absolute atomic E-state index is 0.228. The Hall–Kier alpha value is -2.58. The molecule has 1 aliphatic rings. The third kappa shape index (κ3) is 3.06. The van der Waals surface area contributed by atoms with Gasteiger partial charge >= 0.3 is 0 Å². The first-order chi connectivity index (χ1) is 11.9. The Morgan fingerprint density at radius 1 is 0.667 bits per heavy atom. The van der Waals surface area contributed by atoms with Gasteiger partial charge in [0.05, 0.1) is 12.1 Å². The van der Waals surface area contributed by atoms with Crippen LogP contribution in [-0.2, 0) is 0 Å². The van der Waals surface area contributed by atoms with Gasteiger partial charge in [0.15, 0.2) is 0 Å². The molecule has 0 saturated carbocycles. The van der Waals surface area contributed by atoms with Crippen LogP contribution < -0.4 is 10.2 Å². The normalized spacial score (nSPS) is 20.8. The lowest BCUT2D eigenvalue weighted by Crippen LogP contribution is -2.45. The maximum atomic E-state index is 4.99. The lowest BCUT2D eigenvalue weighted by atomic mass is 9.97. The van der Waals surface area contributed by atoms with Crippen LogP contribution in [0.25, 0.3) is 0 Å². The molecule has 4 rings (SSSR count). The van der Waals surface area contributed by atoms with Crippen LogP contribution in [0.3, 0.4) is 0 Å². The van der Waals surface area contributed by atoms with Crippen LogP contribution in [0.1, 0.15) is 23.2 Å². The fourth-order valence-electron chi connectivity index (χ4n) is 3.45. The molecule has 3 aromatic carbocycles. The highest BCUT2D eigenvalue weighted by molar-refractivity contribution is 5.50. The van der Waals surface area contributed by atoms with Crippen LogP contribution in [0.5, 0.6) is 0 Å². The van der Waals surface area contributed by atoms with Crippen molar-refractivity contribution in [2.75, 3.05) is 18.0 Å². The second kappa shape index (κ2) is 6.90. The Labute approximate surface area is 143 Å². The summed E-state index contributed by atoms with van der Waals surface area (Å²) in [5.74, 6) is 0. The van der Waals surface area contributed by atoms with E-state index in [0.29, 0.717) is 6.04 Å². The fourth-order valence-corrected chi connectivity index (χ4v) is 3.45. The van der Waals surface area contributed by atoms with Gasteiger partial charge in [0.25, 0.3) is 0 Å². The average molecular weight is 313 g/mol. The second-order valence-corrected chi connectivity index (χ2v) is 6.21. The largest absolute Gasteiger partial charge is 0.361 e. The van der Waals surface area contributed by atoms with Gasteiger partial charge in [-0.05, 0) is 23.3 Å². The van der Waals surface area contributed by atoms with Gasteiger partial charge in [-0.25, -0.2) is 5.32 Å². The number of hydrogen-bond donors (Lipinski definition) is 0. The van der Waals surface area contributed by atoms with Crippen molar-refractivity contribution >= 4 is 5.69 Å². The van der Waals surface area contributed by atoms with Gasteiger partial charge < -0.3 is 4.90 Å². The van der Waals surface area contributed by atoms with E-state index in [0.717, 1.165) is 13.1 Å². The van der Waals surface area contributed by atoms with Crippen LogP contribution in [0.15, 0.2) is 91.0 Å². The maximum absolute atomic E-state index is 4.99. The van der Waals surface area contributed by atoms with Gasteiger partial charge in [-0.15, -0.1) is 0 Å². The molecule has 0 aliphatic carbocycles. The number of nitrogens with zero attached hydrogens (tertiary/aromatic N) is 2. The van der Waals surface area contributed by atoms with Gasteiger partial charge in [-0.2, -0.15) is 0 Å². The lowest BCUT2D eigenvalue weighted by Gasteiger charge is -2.41. The summed E-state index contributed by atoms with van der Waals surface area (Å²) in [6, 6.07) is 32.6. The van der Waals surface area contributed by atoms with Gasteiger partial charge in [0, 0.05) is 18.8 Å². The lowest BCUT2D eigenvalue weighted by molar-refractivity contribution is 0.398. The first-order valence-electron chi connectivity index (χ1n) is 8.50. The molecular weight excluding hydrogens is 292 g/mol. The molecule has 2 nitrogen and oxygen atoms in total. The van der Waals surface area contributed by atoms with E-state index in [1.807, 2.05) is 0 Å². The van der Waals surface area contributed by atoms with Crippen LogP contribution in [0.2, 0.25) is 0 Å². The molecular formula is C22H21N2. The minimum atomic E-state index is 0.228. The Morgan fingerprint density at radius 2 is 1.21 bits per heavy atom. The molecule has 119 valence electrons. The highest BCUT2D eigenvalue weighted by atomic mass is 15.2. The van der Waals surface area contributed by atoms with E-state index in [2.05, 4.69) is 95.9 Å². The van der Waals surface area contributed by atoms with Crippen molar-refractivity contribution in [1.82, 2.24) is 5.32 Å². The minimum Gasteiger partial charge on any atom is -0.361 e. The third-order valence-electron chi connectivity index (χ3n) is 4.70. The van der Waals surface area contributed by atoms with Gasteiger partial charge in [0.1, 0.15) is 0 Å². The smallest absolute Gasteiger partial charge is 0.0684 e. The van der Waals surface area contributed by atoms with Gasteiger partial charge in [-0.1, -0.05) is 78.9 Å². The molecule has 0 N–H and O–H groups in total. The zero-order valence-electron chi connectivity index (χ0n) is 13.6. The molecule has 0 bridgehead atoms. The zero-order valence-corrected chi connectivity index (χ0v) is 13.6. The summed E-state index contributed by atoms with van der Waals surface area (Å²) >= 11 is 0. The topological polar surface area (TPSA) is 17.3 Å². The SMILES string of the molecule is c1ccc(C2CN(c3ccccc3)C(c3ccccc3)C[N]2)cc1. The number of anilines is 1. The summed E-state index contributed by atoms with van der Waals surface area (Å²) in [7, 11) is 0. The molecule has 3 aromatic rings. The molecule has 0 aromatic heterocycles. The van der Waals surface area contributed by atoms with Crippen molar-refractivity contribution in [3.8, 4) is 0 Å². The molecule has 2 heteroatoms. The molecule has 24 heavy (non-hydrogen) atoms. The third-order valence-corrected chi connectivity index (χ3v) is 4.70. The highest BCUT2D eigenvalue weighted by Crippen LogP contribution is 2.33. The number of hydrogen-bond acceptors (Lipinski definition) is 1. The molecule has 0 amide bonds. The molecule has 1 fully saturated rings. The summed E-state index contributed by atoms with van der Waals surface area (Å²) < 4.78 is 0. The number of rotatable bonds is 3. The Bertz CT molecular complexity index is 756. The van der Waals surface area contributed by atoms with E-state index >= 15 is 0 Å². The van der Waals surface area contributed by atoms with Crippen molar-refractivity contribution in [2.24, 2.45) is 0 Å². The molecule has 1 radical (unpaired) electrons. The van der Waals surface area contributed by atoms with Crippen LogP contribution in [-0.4, -0.2) is 13.1 Å². The number of para-hydroxylation sites is 1. The first kappa shape index (κ1) is 15.0. The van der Waals surface area contributed by atoms with E-state index in [4.69, 9.17) is 5.32 Å². The predicted octanol–water partition coefficient (Wildman–Crippen LogP) is 4.59. The summed E-state index contributed by atoms with van der Waals surface area (Å²) in [6.07, 6.45) is 0. The molecule has 0 spiro atoms. The predicted molar refractivity (Wildman–Crippen MR) is 99.2 cm³/mol. The number of benzene rings is 3. The number of piperazine rings is 1. The quantitative estimate of drug-likeness (QED) is 0.691. The van der Waals surface area contributed by atoms with E-state index < -0.39 is 0 Å². The highest BCUT2D eigenvalue weighted by Gasteiger charge is 2.30. The maximum Gasteiger partial charge on any atom is 0.0684 e. The summed E-state index contributed by atoms with van der Waals surface area (Å²) in [6.45, 7) is 1.73. The first-order valence-corrected chi connectivity index (χ1v) is 8.50. The van der Waals surface area contributed by atoms with Crippen LogP contribution in [0, 0.1) is 0 Å². The molecule has 1 saturated heterocycles. The summed E-state index contributed by atoms with van der Waals surface area (Å²) in [5.41, 5.74) is 3.89. The summed E-state index contributed by atoms with van der Waals surface area (Å²) in [5, 5.41) is 4.99. The van der Waals surface area contributed by atoms with E-state index in [9.17, 15) is 0 Å². The Kier molecular flexibility index (Phi) is 4.30. The van der Waals surface area contributed by atoms with Crippen LogP contribution in [0.4, 0.5) is 5.69 Å².